The molecule has 4 heterocycles. The Morgan fingerprint density at radius 2 is 1.84 bits per heavy atom. The zero-order chi connectivity index (χ0) is 30.7. The minimum absolute atomic E-state index is 0.210. The van der Waals surface area contributed by atoms with Crippen molar-refractivity contribution in [3.8, 4) is 22.8 Å². The van der Waals surface area contributed by atoms with Gasteiger partial charge in [-0.05, 0) is 86.5 Å². The Hall–Kier alpha value is -3.73. The van der Waals surface area contributed by atoms with Crippen molar-refractivity contribution in [2.24, 2.45) is 23.2 Å². The number of hydrogen-bond donors (Lipinski definition) is 1. The van der Waals surface area contributed by atoms with Gasteiger partial charge in [0.1, 0.15) is 17.9 Å². The van der Waals surface area contributed by atoms with Gasteiger partial charge in [0.05, 0.1) is 12.4 Å². The van der Waals surface area contributed by atoms with Crippen molar-refractivity contribution >= 4 is 11.7 Å². The van der Waals surface area contributed by atoms with Crippen LogP contribution < -0.4 is 15.0 Å². The molecule has 1 aromatic carbocycles. The summed E-state index contributed by atoms with van der Waals surface area (Å²) >= 11 is 0. The third kappa shape index (κ3) is 5.64. The molecule has 5 aliphatic rings. The van der Waals surface area contributed by atoms with Gasteiger partial charge in [-0.3, -0.25) is 9.69 Å². The van der Waals surface area contributed by atoms with E-state index in [0.717, 1.165) is 82.3 Å². The average molecular weight is 613 g/mol. The van der Waals surface area contributed by atoms with E-state index in [9.17, 15) is 9.18 Å². The molecule has 2 aromatic heterocycles. The molecule has 0 unspecified atom stereocenters. The summed E-state index contributed by atoms with van der Waals surface area (Å²) in [6.07, 6.45) is 12.5. The molecule has 1 N–H and O–H groups in total. The first-order valence-electron chi connectivity index (χ1n) is 16.6. The number of hydrogen-bond acceptors (Lipinski definition) is 9. The molecule has 3 aromatic rings. The van der Waals surface area contributed by atoms with E-state index in [4.69, 9.17) is 4.74 Å². The predicted octanol–water partition coefficient (Wildman–Crippen LogP) is 4.98. The van der Waals surface area contributed by atoms with E-state index >= 15 is 0 Å². The van der Waals surface area contributed by atoms with Crippen molar-refractivity contribution in [3.05, 3.63) is 48.3 Å². The Labute approximate surface area is 263 Å². The van der Waals surface area contributed by atoms with Crippen LogP contribution in [0.5, 0.6) is 11.6 Å². The smallest absolute Gasteiger partial charge is 0.282 e. The molecule has 8 rings (SSSR count). The summed E-state index contributed by atoms with van der Waals surface area (Å²) in [4.78, 5) is 21.8. The molecular weight excluding hydrogens is 571 g/mol. The quantitative estimate of drug-likeness (QED) is 0.339. The molecule has 1 amide bonds. The first-order chi connectivity index (χ1) is 21.9. The molecular formula is C34H41FN8O2. The minimum Gasteiger partial charge on any atom is -0.434 e. The van der Waals surface area contributed by atoms with E-state index in [-0.39, 0.29) is 23.1 Å². The summed E-state index contributed by atoms with van der Waals surface area (Å²) < 4.78 is 20.9. The number of nitrogens with zero attached hydrogens (tertiary/aromatic N) is 7. The fraction of sp³-hybridized carbons (Fsp3) is 0.588. The fourth-order valence-electron chi connectivity index (χ4n) is 8.11. The molecule has 1 spiro atoms. The van der Waals surface area contributed by atoms with E-state index in [1.807, 2.05) is 0 Å². The number of nitrogens with one attached hydrogen (secondary N) is 1. The number of anilines is 1. The third-order valence-corrected chi connectivity index (χ3v) is 10.7. The Morgan fingerprint density at radius 1 is 1.04 bits per heavy atom. The summed E-state index contributed by atoms with van der Waals surface area (Å²) in [7, 11) is 0. The van der Waals surface area contributed by atoms with Gasteiger partial charge in [0.15, 0.2) is 5.82 Å². The highest BCUT2D eigenvalue weighted by Gasteiger charge is 2.53. The molecule has 0 radical (unpaired) electrons. The van der Waals surface area contributed by atoms with Gasteiger partial charge in [-0.25, -0.2) is 9.37 Å². The van der Waals surface area contributed by atoms with E-state index < -0.39 is 0 Å². The normalized spacial score (nSPS) is 24.8. The molecule has 11 heteroatoms. The second-order valence-electron chi connectivity index (χ2n) is 14.5. The number of aromatic nitrogens is 5. The van der Waals surface area contributed by atoms with Crippen molar-refractivity contribution in [1.29, 1.82) is 0 Å². The van der Waals surface area contributed by atoms with Gasteiger partial charge in [-0.15, -0.1) is 10.2 Å². The third-order valence-electron chi connectivity index (χ3n) is 10.7. The van der Waals surface area contributed by atoms with Gasteiger partial charge >= 0.3 is 0 Å². The lowest BCUT2D eigenvalue weighted by Gasteiger charge is -2.57. The first-order valence-corrected chi connectivity index (χ1v) is 16.6. The number of rotatable bonds is 10. The minimum atomic E-state index is -0.343. The predicted molar refractivity (Wildman–Crippen MR) is 166 cm³/mol. The molecule has 3 saturated carbocycles. The highest BCUT2D eigenvalue weighted by molar-refractivity contribution is 5.81. The van der Waals surface area contributed by atoms with Crippen LogP contribution in [0, 0.1) is 29.0 Å². The van der Waals surface area contributed by atoms with E-state index in [2.05, 4.69) is 54.3 Å². The van der Waals surface area contributed by atoms with Crippen LogP contribution in [-0.4, -0.2) is 74.4 Å². The Bertz CT molecular complexity index is 1580. The zero-order valence-corrected chi connectivity index (χ0v) is 26.0. The van der Waals surface area contributed by atoms with E-state index in [0.29, 0.717) is 52.8 Å². The molecule has 1 atom stereocenters. The first kappa shape index (κ1) is 28.7. The highest BCUT2D eigenvalue weighted by atomic mass is 19.1. The lowest BCUT2D eigenvalue weighted by Crippen LogP contribution is -2.65. The lowest BCUT2D eigenvalue weighted by molar-refractivity contribution is -0.124. The van der Waals surface area contributed by atoms with Gasteiger partial charge in [-0.2, -0.15) is 10.2 Å². The summed E-state index contributed by atoms with van der Waals surface area (Å²) in [5, 5.41) is 19.9. The SMILES string of the molecule is CC(C)[C@@H](C1CC(NC(=O)C2CC2)C1)N1CC2(CCN(c3ncnnc3Oc3ccc(F)cc3-c3cnncc3C3CC3)C2)C1. The van der Waals surface area contributed by atoms with E-state index in [1.54, 1.807) is 18.5 Å². The molecule has 236 valence electrons. The van der Waals surface area contributed by atoms with Crippen molar-refractivity contribution in [1.82, 2.24) is 35.6 Å². The number of halogens is 1. The van der Waals surface area contributed by atoms with Crippen molar-refractivity contribution in [2.45, 2.75) is 76.8 Å². The van der Waals surface area contributed by atoms with Crippen LogP contribution in [0.4, 0.5) is 10.2 Å². The summed E-state index contributed by atoms with van der Waals surface area (Å²) in [5.41, 5.74) is 2.73. The van der Waals surface area contributed by atoms with Gasteiger partial charge in [0, 0.05) is 60.7 Å². The van der Waals surface area contributed by atoms with Crippen LogP contribution in [0.2, 0.25) is 0 Å². The van der Waals surface area contributed by atoms with E-state index in [1.165, 1.54) is 18.5 Å². The number of carbonyl (C=O) groups excluding carboxylic acids is 1. The zero-order valence-electron chi connectivity index (χ0n) is 26.0. The Kier molecular flexibility index (Phi) is 7.19. The molecule has 2 aliphatic heterocycles. The number of benzene rings is 1. The number of ether oxygens (including phenoxy) is 1. The lowest BCUT2D eigenvalue weighted by atomic mass is 9.68. The second-order valence-corrected chi connectivity index (χ2v) is 14.5. The number of likely N-dealkylation sites (tertiary alicyclic amines) is 1. The molecule has 5 fully saturated rings. The summed E-state index contributed by atoms with van der Waals surface area (Å²) in [5.74, 6) is 3.30. The maximum absolute atomic E-state index is 14.5. The number of carbonyl (C=O) groups is 1. The summed E-state index contributed by atoms with van der Waals surface area (Å²) in [6.45, 7) is 8.55. The molecule has 0 bridgehead atoms. The van der Waals surface area contributed by atoms with Gasteiger partial charge in [0.25, 0.3) is 5.88 Å². The largest absolute Gasteiger partial charge is 0.434 e. The van der Waals surface area contributed by atoms with Crippen LogP contribution in [-0.2, 0) is 4.79 Å². The van der Waals surface area contributed by atoms with Crippen LogP contribution in [0.15, 0.2) is 36.9 Å². The van der Waals surface area contributed by atoms with Crippen LogP contribution in [0.1, 0.15) is 70.3 Å². The standard InChI is InChI=1S/C34H41FN8O2/c1-20(2)30(23-11-25(12-23)40-32(44)22-5-6-22)43-17-34(18-43)9-10-42(16-34)31-33(41-39-19-36-31)45-29-8-7-24(35)13-26(29)28-15-38-37-14-27(28)21-3-4-21/h7-8,13-15,19-23,25,30H,3-6,9-12,16-18H2,1-2H3,(H,40,44)/t23?,25?,30-/m0/s1. The fourth-order valence-corrected chi connectivity index (χ4v) is 8.11. The topological polar surface area (TPSA) is 109 Å². The molecule has 10 nitrogen and oxygen atoms in total. The average Bonchev–Trinajstić information content (AvgIpc) is 3.94. The Balaban J connectivity index is 0.948. The van der Waals surface area contributed by atoms with Gasteiger partial charge in [-0.1, -0.05) is 13.8 Å². The van der Waals surface area contributed by atoms with Crippen molar-refractivity contribution < 1.29 is 13.9 Å². The second kappa shape index (κ2) is 11.3. The maximum Gasteiger partial charge on any atom is 0.282 e. The highest BCUT2D eigenvalue weighted by Crippen LogP contribution is 2.49. The van der Waals surface area contributed by atoms with Crippen molar-refractivity contribution in [3.63, 3.8) is 0 Å². The molecule has 3 aliphatic carbocycles. The number of amides is 1. The molecule has 2 saturated heterocycles. The monoisotopic (exact) mass is 612 g/mol. The maximum atomic E-state index is 14.5. The van der Waals surface area contributed by atoms with Crippen LogP contribution >= 0.6 is 0 Å². The summed E-state index contributed by atoms with van der Waals surface area (Å²) in [6, 6.07) is 5.42. The Morgan fingerprint density at radius 3 is 2.60 bits per heavy atom. The van der Waals surface area contributed by atoms with Gasteiger partial charge in [0.2, 0.25) is 5.91 Å². The molecule has 45 heavy (non-hydrogen) atoms. The van der Waals surface area contributed by atoms with Gasteiger partial charge < -0.3 is 15.0 Å². The van der Waals surface area contributed by atoms with Crippen molar-refractivity contribution in [2.75, 3.05) is 31.1 Å². The van der Waals surface area contributed by atoms with Crippen LogP contribution in [0.25, 0.3) is 11.1 Å². The van der Waals surface area contributed by atoms with Crippen LogP contribution in [0.3, 0.4) is 0 Å².